The van der Waals surface area contributed by atoms with E-state index < -0.39 is 0 Å². The van der Waals surface area contributed by atoms with Crippen LogP contribution in [0, 0.1) is 11.3 Å². The van der Waals surface area contributed by atoms with Crippen molar-refractivity contribution in [2.45, 2.75) is 6.42 Å². The summed E-state index contributed by atoms with van der Waals surface area (Å²) in [5, 5.41) is 21.1. The van der Waals surface area contributed by atoms with Crippen LogP contribution in [-0.4, -0.2) is 16.3 Å². The van der Waals surface area contributed by atoms with Gasteiger partial charge in [0.25, 0.3) is 0 Å². The minimum Gasteiger partial charge on any atom is -0.493 e. The molecule has 1 aliphatic rings. The van der Waals surface area contributed by atoms with Crippen LogP contribution in [0.25, 0.3) is 11.6 Å². The Morgan fingerprint density at radius 1 is 1.23 bits per heavy atom. The van der Waals surface area contributed by atoms with Gasteiger partial charge in [0.15, 0.2) is 0 Å². The van der Waals surface area contributed by atoms with Crippen LogP contribution in [0.4, 0.5) is 5.69 Å². The molecule has 0 unspecified atom stereocenters. The molecule has 6 heteroatoms. The summed E-state index contributed by atoms with van der Waals surface area (Å²) in [6.45, 7) is 0. The molecule has 3 aromatic rings. The van der Waals surface area contributed by atoms with Gasteiger partial charge in [-0.25, -0.2) is 0 Å². The van der Waals surface area contributed by atoms with E-state index in [0.717, 1.165) is 38.6 Å². The van der Waals surface area contributed by atoms with Gasteiger partial charge in [0.1, 0.15) is 0 Å². The van der Waals surface area contributed by atoms with Crippen molar-refractivity contribution in [1.29, 1.82) is 5.26 Å². The Morgan fingerprint density at radius 2 is 2.04 bits per heavy atom. The zero-order valence-corrected chi connectivity index (χ0v) is 14.4. The molecule has 0 fully saturated rings. The van der Waals surface area contributed by atoms with Crippen molar-refractivity contribution in [3.8, 4) is 11.9 Å². The number of aliphatic imine (C=N–C) groups is 1. The zero-order valence-electron chi connectivity index (χ0n) is 13.6. The van der Waals surface area contributed by atoms with Gasteiger partial charge in [-0.05, 0) is 47.1 Å². The highest BCUT2D eigenvalue weighted by molar-refractivity contribution is 7.10. The Balaban J connectivity index is 1.96. The Kier molecular flexibility index (Phi) is 3.99. The van der Waals surface area contributed by atoms with Crippen LogP contribution in [0.3, 0.4) is 0 Å². The van der Waals surface area contributed by atoms with Gasteiger partial charge in [-0.2, -0.15) is 5.26 Å². The molecule has 0 atom stereocenters. The van der Waals surface area contributed by atoms with E-state index in [1.165, 1.54) is 0 Å². The van der Waals surface area contributed by atoms with Gasteiger partial charge in [-0.15, -0.1) is 0 Å². The molecule has 2 heterocycles. The number of thiazole rings is 1. The number of aromatic nitrogens is 1. The average molecular weight is 359 g/mol. The molecule has 0 bridgehead atoms. The Morgan fingerprint density at radius 3 is 2.73 bits per heavy atom. The van der Waals surface area contributed by atoms with E-state index in [2.05, 4.69) is 16.0 Å². The topological polar surface area (TPSA) is 89.2 Å². The number of nitrogens with zero attached hydrogens (tertiary/aromatic N) is 2. The summed E-state index contributed by atoms with van der Waals surface area (Å²) in [7, 11) is 0. The number of nitriles is 1. The second kappa shape index (κ2) is 6.47. The van der Waals surface area contributed by atoms with Crippen molar-refractivity contribution < 1.29 is 5.11 Å². The molecule has 1 aliphatic heterocycles. The molecule has 2 N–H and O–H groups in total. The monoisotopic (exact) mass is 359 g/mol. The van der Waals surface area contributed by atoms with E-state index in [0.29, 0.717) is 16.9 Å². The first kappa shape index (κ1) is 16.1. The summed E-state index contributed by atoms with van der Waals surface area (Å²) in [4.78, 5) is 18.7. The maximum Gasteiger partial charge on any atom is 0.307 e. The molecule has 0 saturated carbocycles. The first-order valence-electron chi connectivity index (χ1n) is 7.94. The molecule has 26 heavy (non-hydrogen) atoms. The summed E-state index contributed by atoms with van der Waals surface area (Å²) < 4.78 is 0. The fourth-order valence-electron chi connectivity index (χ4n) is 3.02. The van der Waals surface area contributed by atoms with E-state index in [4.69, 9.17) is 5.26 Å². The number of fused-ring (bicyclic) bond motifs is 1. The van der Waals surface area contributed by atoms with Gasteiger partial charge in [0.2, 0.25) is 5.88 Å². The van der Waals surface area contributed by atoms with Crippen LogP contribution in [-0.2, 0) is 6.42 Å². The number of hydrogen-bond acceptors (Lipinski definition) is 5. The smallest absolute Gasteiger partial charge is 0.307 e. The molecule has 0 spiro atoms. The highest BCUT2D eigenvalue weighted by atomic mass is 32.1. The summed E-state index contributed by atoms with van der Waals surface area (Å²) in [6, 6.07) is 15.2. The molecule has 4 rings (SSSR count). The third-order valence-electron chi connectivity index (χ3n) is 4.23. The molecule has 1 aromatic heterocycles. The largest absolute Gasteiger partial charge is 0.493 e. The van der Waals surface area contributed by atoms with Crippen LogP contribution in [0.15, 0.2) is 52.3 Å². The van der Waals surface area contributed by atoms with Gasteiger partial charge >= 0.3 is 4.87 Å². The highest BCUT2D eigenvalue weighted by Crippen LogP contribution is 2.26. The minimum atomic E-state index is -0.303. The van der Waals surface area contributed by atoms with Crippen LogP contribution in [0.5, 0.6) is 5.88 Å². The lowest BCUT2D eigenvalue weighted by Gasteiger charge is -2.08. The maximum absolute atomic E-state index is 11.7. The fraction of sp³-hybridized carbons (Fsp3) is 0.0500. The molecule has 0 aliphatic carbocycles. The molecule has 0 saturated heterocycles. The van der Waals surface area contributed by atoms with Crippen LogP contribution < -0.4 is 15.3 Å². The average Bonchev–Trinajstić information content (AvgIpc) is 3.26. The number of rotatable bonds is 3. The molecule has 0 radical (unpaired) electrons. The van der Waals surface area contributed by atoms with Gasteiger partial charge < -0.3 is 5.11 Å². The SMILES string of the molecule is N#Cc1ccc(CC(c2sc(=O)[nH]c2O)=c2cccc3c2=CC=N3)cc1. The number of hydrogen-bond donors (Lipinski definition) is 2. The van der Waals surface area contributed by atoms with Gasteiger partial charge in [0.05, 0.1) is 22.2 Å². The number of nitrogens with one attached hydrogen (secondary N) is 1. The summed E-state index contributed by atoms with van der Waals surface area (Å²) in [6.07, 6.45) is 4.18. The first-order valence-corrected chi connectivity index (χ1v) is 8.75. The third-order valence-corrected chi connectivity index (χ3v) is 5.16. The lowest BCUT2D eigenvalue weighted by atomic mass is 9.99. The molecular weight excluding hydrogens is 346 g/mol. The number of aromatic hydroxyl groups is 1. The van der Waals surface area contributed by atoms with Crippen LogP contribution in [0.2, 0.25) is 0 Å². The molecule has 126 valence electrons. The number of H-pyrrole nitrogens is 1. The minimum absolute atomic E-state index is 0.125. The van der Waals surface area contributed by atoms with Gasteiger partial charge in [-0.3, -0.25) is 14.8 Å². The summed E-state index contributed by atoms with van der Waals surface area (Å²) >= 11 is 0.984. The highest BCUT2D eigenvalue weighted by Gasteiger charge is 2.15. The zero-order chi connectivity index (χ0) is 18.1. The van der Waals surface area contributed by atoms with Crippen molar-refractivity contribution in [2.24, 2.45) is 4.99 Å². The fourth-order valence-corrected chi connectivity index (χ4v) is 3.81. The van der Waals surface area contributed by atoms with Crippen molar-refractivity contribution >= 4 is 34.9 Å². The molecular formula is C20H13N3O2S. The number of aromatic amines is 1. The van der Waals surface area contributed by atoms with E-state index >= 15 is 0 Å². The first-order chi connectivity index (χ1) is 12.7. The second-order valence-electron chi connectivity index (χ2n) is 5.84. The van der Waals surface area contributed by atoms with Crippen molar-refractivity contribution in [3.63, 3.8) is 0 Å². The predicted molar refractivity (Wildman–Crippen MR) is 102 cm³/mol. The quantitative estimate of drug-likeness (QED) is 0.749. The lowest BCUT2D eigenvalue weighted by molar-refractivity contribution is 0.454. The van der Waals surface area contributed by atoms with Gasteiger partial charge in [-0.1, -0.05) is 35.6 Å². The molecule has 2 aromatic carbocycles. The predicted octanol–water partition coefficient (Wildman–Crippen LogP) is 1.95. The number of benzene rings is 2. The standard InChI is InChI=1S/C20H13N3O2S/c21-11-13-6-4-12(5-7-13)10-16(18-19(24)23-20(25)26-18)14-2-1-3-17-15(14)8-9-22-17/h1-9,24H,10H2,(H,23,25). The van der Waals surface area contributed by atoms with E-state index in [9.17, 15) is 9.90 Å². The molecule has 0 amide bonds. The maximum atomic E-state index is 11.7. The molecule has 5 nitrogen and oxygen atoms in total. The second-order valence-corrected chi connectivity index (χ2v) is 6.82. The van der Waals surface area contributed by atoms with Crippen molar-refractivity contribution in [2.75, 3.05) is 0 Å². The van der Waals surface area contributed by atoms with Crippen molar-refractivity contribution in [3.05, 3.63) is 78.6 Å². The van der Waals surface area contributed by atoms with Crippen molar-refractivity contribution in [1.82, 2.24) is 4.98 Å². The Hall–Kier alpha value is -3.43. The van der Waals surface area contributed by atoms with Gasteiger partial charge in [0, 0.05) is 11.4 Å². The Bertz CT molecular complexity index is 1240. The third kappa shape index (κ3) is 2.85. The van der Waals surface area contributed by atoms with E-state index in [1.807, 2.05) is 36.4 Å². The van der Waals surface area contributed by atoms with E-state index in [1.54, 1.807) is 18.3 Å². The Labute approximate surface area is 152 Å². The van der Waals surface area contributed by atoms with E-state index in [-0.39, 0.29) is 10.8 Å². The normalized spacial score (nSPS) is 13.0. The lowest BCUT2D eigenvalue weighted by Crippen LogP contribution is -2.27. The van der Waals surface area contributed by atoms with Crippen LogP contribution >= 0.6 is 11.3 Å². The summed E-state index contributed by atoms with van der Waals surface area (Å²) in [5.74, 6) is -0.125. The summed E-state index contributed by atoms with van der Waals surface area (Å²) in [5.41, 5.74) is 3.28. The van der Waals surface area contributed by atoms with Crippen LogP contribution in [0.1, 0.15) is 16.0 Å².